The Hall–Kier alpha value is -2.63. The number of rotatable bonds is 8. The maximum Gasteiger partial charge on any atom is 0.234 e. The Kier molecular flexibility index (Phi) is 7.44. The van der Waals surface area contributed by atoms with Crippen LogP contribution in [-0.2, 0) is 4.79 Å². The molecule has 29 heavy (non-hydrogen) atoms. The van der Waals surface area contributed by atoms with Gasteiger partial charge in [-0.25, -0.2) is 0 Å². The van der Waals surface area contributed by atoms with E-state index < -0.39 is 0 Å². The fourth-order valence-electron chi connectivity index (χ4n) is 2.94. The second-order valence-electron chi connectivity index (χ2n) is 6.25. The smallest absolute Gasteiger partial charge is 0.234 e. The number of nitrogens with one attached hydrogen (secondary N) is 1. The van der Waals surface area contributed by atoms with Crippen molar-refractivity contribution in [1.29, 1.82) is 0 Å². The normalized spacial score (nSPS) is 10.6. The predicted molar refractivity (Wildman–Crippen MR) is 120 cm³/mol. The zero-order chi connectivity index (χ0) is 20.6. The monoisotopic (exact) mass is 427 g/mol. The van der Waals surface area contributed by atoms with Crippen LogP contribution in [0.5, 0.6) is 11.5 Å². The molecule has 1 amide bonds. The summed E-state index contributed by atoms with van der Waals surface area (Å²) >= 11 is 7.76. The fraction of sp³-hybridized carbons (Fsp3) is 0.174. The second-order valence-corrected chi connectivity index (χ2v) is 7.75. The number of thioether (sulfide) groups is 1. The molecular weight excluding hydrogens is 406 g/mol. The van der Waals surface area contributed by atoms with Crippen LogP contribution in [0.25, 0.3) is 0 Å². The number of methoxy groups -OCH3 is 2. The molecule has 0 saturated heterocycles. The highest BCUT2D eigenvalue weighted by Crippen LogP contribution is 2.37. The van der Waals surface area contributed by atoms with Crippen LogP contribution in [0.15, 0.2) is 72.8 Å². The molecule has 4 nitrogen and oxygen atoms in total. The predicted octanol–water partition coefficient (Wildman–Crippen LogP) is 5.82. The number of hydrogen-bond donors (Lipinski definition) is 1. The van der Waals surface area contributed by atoms with Crippen LogP contribution in [-0.4, -0.2) is 25.9 Å². The molecule has 3 aromatic rings. The van der Waals surface area contributed by atoms with Crippen molar-refractivity contribution in [3.63, 3.8) is 0 Å². The molecule has 0 aliphatic carbocycles. The third-order valence-corrected chi connectivity index (χ3v) is 5.94. The van der Waals surface area contributed by atoms with Crippen molar-refractivity contribution in [2.24, 2.45) is 0 Å². The zero-order valence-electron chi connectivity index (χ0n) is 16.2. The molecule has 6 heteroatoms. The first-order chi connectivity index (χ1) is 14.1. The first-order valence-electron chi connectivity index (χ1n) is 9.05. The van der Waals surface area contributed by atoms with Crippen molar-refractivity contribution in [3.05, 3.63) is 88.9 Å². The molecule has 0 bridgehead atoms. The average molecular weight is 428 g/mol. The lowest BCUT2D eigenvalue weighted by Gasteiger charge is -2.18. The maximum atomic E-state index is 12.7. The molecule has 0 radical (unpaired) electrons. The number of carbonyl (C=O) groups excluding carboxylic acids is 1. The highest BCUT2D eigenvalue weighted by molar-refractivity contribution is 8.00. The molecule has 0 aromatic heterocycles. The highest BCUT2D eigenvalue weighted by atomic mass is 35.5. The molecule has 0 heterocycles. The molecule has 0 spiro atoms. The summed E-state index contributed by atoms with van der Waals surface area (Å²) in [5.74, 6) is 1.13. The lowest BCUT2D eigenvalue weighted by molar-refractivity contribution is -0.113. The van der Waals surface area contributed by atoms with Crippen LogP contribution in [0, 0.1) is 0 Å². The van der Waals surface area contributed by atoms with Gasteiger partial charge in [-0.15, -0.1) is 11.8 Å². The second kappa shape index (κ2) is 10.2. The Morgan fingerprint density at radius 1 is 0.931 bits per heavy atom. The summed E-state index contributed by atoms with van der Waals surface area (Å²) in [6.07, 6.45) is 0. The van der Waals surface area contributed by atoms with Gasteiger partial charge in [-0.1, -0.05) is 72.3 Å². The van der Waals surface area contributed by atoms with Crippen LogP contribution in [0.1, 0.15) is 16.4 Å². The standard InChI is InChI=1S/C23H22ClNO3S/c1-27-20-14-21(28-2)19(13-18(20)24)25-22(26)15-29-23(16-9-5-3-6-10-16)17-11-7-4-8-12-17/h3-14,23H,15H2,1-2H3,(H,25,26). The molecule has 0 fully saturated rings. The topological polar surface area (TPSA) is 47.6 Å². The maximum absolute atomic E-state index is 12.7. The first kappa shape index (κ1) is 21.1. The molecule has 3 aromatic carbocycles. The van der Waals surface area contributed by atoms with Gasteiger partial charge < -0.3 is 14.8 Å². The number of carbonyl (C=O) groups is 1. The number of hydrogen-bond acceptors (Lipinski definition) is 4. The van der Waals surface area contributed by atoms with Gasteiger partial charge in [-0.05, 0) is 17.2 Å². The number of benzene rings is 3. The van der Waals surface area contributed by atoms with Gasteiger partial charge in [-0.3, -0.25) is 4.79 Å². The average Bonchev–Trinajstić information content (AvgIpc) is 2.75. The highest BCUT2D eigenvalue weighted by Gasteiger charge is 2.18. The van der Waals surface area contributed by atoms with Crippen molar-refractivity contribution in [2.45, 2.75) is 5.25 Å². The van der Waals surface area contributed by atoms with Gasteiger partial charge in [0.2, 0.25) is 5.91 Å². The summed E-state index contributed by atoms with van der Waals surface area (Å²) in [5.41, 5.74) is 2.82. The minimum atomic E-state index is -0.133. The molecule has 0 aliphatic heterocycles. The van der Waals surface area contributed by atoms with Crippen LogP contribution in [0.4, 0.5) is 5.69 Å². The van der Waals surface area contributed by atoms with E-state index in [-0.39, 0.29) is 16.9 Å². The zero-order valence-corrected chi connectivity index (χ0v) is 17.8. The SMILES string of the molecule is COc1cc(OC)c(NC(=O)CSC(c2ccccc2)c2ccccc2)cc1Cl. The van der Waals surface area contributed by atoms with E-state index in [4.69, 9.17) is 21.1 Å². The summed E-state index contributed by atoms with van der Waals surface area (Å²) in [6.45, 7) is 0. The van der Waals surface area contributed by atoms with Crippen LogP contribution >= 0.6 is 23.4 Å². The van der Waals surface area contributed by atoms with Gasteiger partial charge in [0.1, 0.15) is 11.5 Å². The van der Waals surface area contributed by atoms with E-state index in [1.165, 1.54) is 14.2 Å². The summed E-state index contributed by atoms with van der Waals surface area (Å²) < 4.78 is 10.5. The Morgan fingerprint density at radius 3 is 2.00 bits per heavy atom. The summed E-state index contributed by atoms with van der Waals surface area (Å²) in [7, 11) is 3.07. The van der Waals surface area contributed by atoms with Crippen molar-refractivity contribution >= 4 is 35.0 Å². The van der Waals surface area contributed by atoms with E-state index in [0.29, 0.717) is 22.2 Å². The van der Waals surface area contributed by atoms with Gasteiger partial charge in [-0.2, -0.15) is 0 Å². The number of amides is 1. The van der Waals surface area contributed by atoms with Gasteiger partial charge in [0, 0.05) is 6.07 Å². The van der Waals surface area contributed by atoms with Crippen molar-refractivity contribution in [3.8, 4) is 11.5 Å². The van der Waals surface area contributed by atoms with E-state index in [0.717, 1.165) is 11.1 Å². The summed E-state index contributed by atoms with van der Waals surface area (Å²) in [6, 6.07) is 23.6. The van der Waals surface area contributed by atoms with Gasteiger partial charge in [0.25, 0.3) is 0 Å². The summed E-state index contributed by atoms with van der Waals surface area (Å²) in [5, 5.41) is 3.35. The summed E-state index contributed by atoms with van der Waals surface area (Å²) in [4.78, 5) is 12.7. The number of anilines is 1. The molecule has 0 atom stereocenters. The van der Waals surface area contributed by atoms with Crippen molar-refractivity contribution < 1.29 is 14.3 Å². The Bertz CT molecular complexity index is 912. The van der Waals surface area contributed by atoms with E-state index >= 15 is 0 Å². The van der Waals surface area contributed by atoms with Crippen molar-refractivity contribution in [2.75, 3.05) is 25.3 Å². The molecule has 3 rings (SSSR count). The number of halogens is 1. The molecule has 0 aliphatic rings. The molecule has 1 N–H and O–H groups in total. The van der Waals surface area contributed by atoms with E-state index in [1.54, 1.807) is 23.9 Å². The quantitative estimate of drug-likeness (QED) is 0.492. The Balaban J connectivity index is 1.74. The molecule has 0 saturated carbocycles. The van der Waals surface area contributed by atoms with Crippen molar-refractivity contribution in [1.82, 2.24) is 0 Å². The van der Waals surface area contributed by atoms with E-state index in [1.807, 2.05) is 36.4 Å². The number of ether oxygens (including phenoxy) is 2. The van der Waals surface area contributed by atoms with E-state index in [9.17, 15) is 4.79 Å². The Morgan fingerprint density at radius 2 is 1.48 bits per heavy atom. The van der Waals surface area contributed by atoms with Crippen LogP contribution in [0.3, 0.4) is 0 Å². The third-order valence-electron chi connectivity index (χ3n) is 4.33. The van der Waals surface area contributed by atoms with Crippen LogP contribution in [0.2, 0.25) is 5.02 Å². The lowest BCUT2D eigenvalue weighted by atomic mass is 10.0. The minimum Gasteiger partial charge on any atom is -0.495 e. The fourth-order valence-corrected chi connectivity index (χ4v) is 4.27. The van der Waals surface area contributed by atoms with E-state index in [2.05, 4.69) is 29.6 Å². The van der Waals surface area contributed by atoms with Gasteiger partial charge in [0.15, 0.2) is 0 Å². The van der Waals surface area contributed by atoms with Gasteiger partial charge in [0.05, 0.1) is 35.9 Å². The minimum absolute atomic E-state index is 0.0597. The first-order valence-corrected chi connectivity index (χ1v) is 10.5. The molecule has 150 valence electrons. The van der Waals surface area contributed by atoms with Gasteiger partial charge >= 0.3 is 0 Å². The molecular formula is C23H22ClNO3S. The van der Waals surface area contributed by atoms with Crippen LogP contribution < -0.4 is 14.8 Å². The largest absolute Gasteiger partial charge is 0.495 e. The molecule has 0 unspecified atom stereocenters. The third kappa shape index (κ3) is 5.46. The lowest BCUT2D eigenvalue weighted by Crippen LogP contribution is -2.16. The Labute approximate surface area is 180 Å².